The Morgan fingerprint density at radius 3 is 3.11 bits per heavy atom. The maximum absolute atomic E-state index is 11.0. The van der Waals surface area contributed by atoms with Crippen LogP contribution in [0.3, 0.4) is 0 Å². The fraction of sp³-hybridized carbons (Fsp3) is 0.231. The van der Waals surface area contributed by atoms with E-state index in [0.29, 0.717) is 12.5 Å². The van der Waals surface area contributed by atoms with E-state index in [1.165, 1.54) is 22.7 Å². The molecular formula is C13H12N2O2S. The molecule has 1 aromatic carbocycles. The molecule has 0 amide bonds. The molecule has 0 spiro atoms. The number of aromatic carboxylic acids is 1. The third-order valence-corrected chi connectivity index (χ3v) is 4.38. The molecule has 2 aromatic rings. The van der Waals surface area contributed by atoms with Crippen LogP contribution in [0.2, 0.25) is 0 Å². The molecule has 1 N–H and O–H groups in total. The van der Waals surface area contributed by atoms with Crippen LogP contribution in [-0.2, 0) is 6.54 Å². The average Bonchev–Trinajstić information content (AvgIpc) is 2.97. The zero-order chi connectivity index (χ0) is 12.5. The number of carboxylic acids is 1. The van der Waals surface area contributed by atoms with E-state index in [0.717, 1.165) is 5.75 Å². The Bertz CT molecular complexity index is 594. The molecule has 0 bridgehead atoms. The summed E-state index contributed by atoms with van der Waals surface area (Å²) in [4.78, 5) is 12.3. The van der Waals surface area contributed by atoms with E-state index in [9.17, 15) is 4.79 Å². The molecule has 4 nitrogen and oxygen atoms in total. The van der Waals surface area contributed by atoms with Gasteiger partial charge in [-0.05, 0) is 17.7 Å². The Balaban J connectivity index is 1.86. The highest BCUT2D eigenvalue weighted by Gasteiger charge is 2.24. The number of benzene rings is 1. The number of fused-ring (bicyclic) bond motifs is 1. The molecule has 1 aliphatic heterocycles. The maximum atomic E-state index is 11.0. The van der Waals surface area contributed by atoms with Gasteiger partial charge < -0.3 is 5.11 Å². The van der Waals surface area contributed by atoms with Crippen molar-refractivity contribution in [3.63, 3.8) is 0 Å². The standard InChI is InChI=1S/C13H12N2O2S/c16-13(17)11-5-6-14-15(11)7-9-8-18-12-4-2-1-3-10(9)12/h1-6,9H,7-8H2,(H,16,17). The predicted octanol–water partition coefficient (Wildman–Crippen LogP) is 2.47. The Hall–Kier alpha value is -1.75. The second-order valence-electron chi connectivity index (χ2n) is 4.25. The van der Waals surface area contributed by atoms with Gasteiger partial charge in [-0.15, -0.1) is 11.8 Å². The normalized spacial score (nSPS) is 17.7. The SMILES string of the molecule is O=C(O)c1ccnn1CC1CSc2ccccc21. The summed E-state index contributed by atoms with van der Waals surface area (Å²) in [6, 6.07) is 9.82. The highest BCUT2D eigenvalue weighted by Crippen LogP contribution is 2.40. The lowest BCUT2D eigenvalue weighted by Gasteiger charge is -2.12. The van der Waals surface area contributed by atoms with Gasteiger partial charge in [0, 0.05) is 29.3 Å². The fourth-order valence-corrected chi connectivity index (χ4v) is 3.49. The van der Waals surface area contributed by atoms with Crippen LogP contribution in [0, 0.1) is 0 Å². The van der Waals surface area contributed by atoms with E-state index in [4.69, 9.17) is 5.11 Å². The minimum atomic E-state index is -0.925. The summed E-state index contributed by atoms with van der Waals surface area (Å²) in [5.41, 5.74) is 1.55. The first-order chi connectivity index (χ1) is 8.75. The van der Waals surface area contributed by atoms with E-state index in [1.807, 2.05) is 23.9 Å². The number of aromatic nitrogens is 2. The van der Waals surface area contributed by atoms with Gasteiger partial charge in [-0.1, -0.05) is 18.2 Å². The van der Waals surface area contributed by atoms with Crippen LogP contribution >= 0.6 is 11.8 Å². The van der Waals surface area contributed by atoms with Gasteiger partial charge in [0.1, 0.15) is 5.69 Å². The summed E-state index contributed by atoms with van der Waals surface area (Å²) in [6.07, 6.45) is 1.54. The number of nitrogens with zero attached hydrogens (tertiary/aromatic N) is 2. The molecule has 1 aliphatic rings. The van der Waals surface area contributed by atoms with Crippen molar-refractivity contribution in [2.75, 3.05) is 5.75 Å². The summed E-state index contributed by atoms with van der Waals surface area (Å²) < 4.78 is 1.58. The zero-order valence-corrected chi connectivity index (χ0v) is 10.4. The molecule has 18 heavy (non-hydrogen) atoms. The maximum Gasteiger partial charge on any atom is 0.354 e. The molecule has 0 aliphatic carbocycles. The highest BCUT2D eigenvalue weighted by molar-refractivity contribution is 7.99. The van der Waals surface area contributed by atoms with E-state index < -0.39 is 5.97 Å². The second-order valence-corrected chi connectivity index (χ2v) is 5.31. The first-order valence-corrected chi connectivity index (χ1v) is 6.71. The van der Waals surface area contributed by atoms with E-state index in [-0.39, 0.29) is 5.69 Å². The van der Waals surface area contributed by atoms with Gasteiger partial charge >= 0.3 is 5.97 Å². The number of hydrogen-bond acceptors (Lipinski definition) is 3. The van der Waals surface area contributed by atoms with Gasteiger partial charge in [-0.3, -0.25) is 4.68 Å². The van der Waals surface area contributed by atoms with Crippen molar-refractivity contribution in [2.24, 2.45) is 0 Å². The van der Waals surface area contributed by atoms with Crippen molar-refractivity contribution >= 4 is 17.7 Å². The number of carboxylic acid groups (broad SMARTS) is 1. The molecule has 3 rings (SSSR count). The third kappa shape index (κ3) is 1.90. The van der Waals surface area contributed by atoms with Crippen LogP contribution in [-0.4, -0.2) is 26.6 Å². The number of hydrogen-bond donors (Lipinski definition) is 1. The summed E-state index contributed by atoms with van der Waals surface area (Å²) in [5.74, 6) is 0.397. The van der Waals surface area contributed by atoms with Gasteiger partial charge in [-0.2, -0.15) is 5.10 Å². The molecule has 0 saturated carbocycles. The van der Waals surface area contributed by atoms with Gasteiger partial charge in [-0.25, -0.2) is 4.79 Å². The van der Waals surface area contributed by atoms with Crippen molar-refractivity contribution < 1.29 is 9.90 Å². The van der Waals surface area contributed by atoms with Crippen LogP contribution in [0.5, 0.6) is 0 Å². The molecule has 1 atom stereocenters. The monoisotopic (exact) mass is 260 g/mol. The fourth-order valence-electron chi connectivity index (χ4n) is 2.25. The van der Waals surface area contributed by atoms with Gasteiger partial charge in [0.15, 0.2) is 0 Å². The number of rotatable bonds is 3. The van der Waals surface area contributed by atoms with Crippen molar-refractivity contribution in [2.45, 2.75) is 17.4 Å². The van der Waals surface area contributed by atoms with Crippen LogP contribution in [0.1, 0.15) is 22.0 Å². The topological polar surface area (TPSA) is 55.1 Å². The van der Waals surface area contributed by atoms with Crippen LogP contribution in [0.15, 0.2) is 41.4 Å². The van der Waals surface area contributed by atoms with Crippen LogP contribution in [0.4, 0.5) is 0 Å². The molecule has 0 saturated heterocycles. The Morgan fingerprint density at radius 2 is 2.28 bits per heavy atom. The van der Waals surface area contributed by atoms with Gasteiger partial charge in [0.05, 0.1) is 0 Å². The molecule has 5 heteroatoms. The quantitative estimate of drug-likeness (QED) is 0.921. The summed E-state index contributed by atoms with van der Waals surface area (Å²) in [6.45, 7) is 0.624. The molecule has 92 valence electrons. The lowest BCUT2D eigenvalue weighted by Crippen LogP contribution is -2.15. The predicted molar refractivity (Wildman–Crippen MR) is 69.1 cm³/mol. The number of carbonyl (C=O) groups is 1. The van der Waals surface area contributed by atoms with Crippen molar-refractivity contribution in [1.82, 2.24) is 9.78 Å². The summed E-state index contributed by atoms with van der Waals surface area (Å²) in [5, 5.41) is 13.2. The zero-order valence-electron chi connectivity index (χ0n) is 9.61. The van der Waals surface area contributed by atoms with Gasteiger partial charge in [0.25, 0.3) is 0 Å². The van der Waals surface area contributed by atoms with E-state index >= 15 is 0 Å². The largest absolute Gasteiger partial charge is 0.477 e. The molecular weight excluding hydrogens is 248 g/mol. The first-order valence-electron chi connectivity index (χ1n) is 5.72. The van der Waals surface area contributed by atoms with Crippen molar-refractivity contribution in [3.05, 3.63) is 47.8 Å². The minimum absolute atomic E-state index is 0.254. The summed E-state index contributed by atoms with van der Waals surface area (Å²) in [7, 11) is 0. The minimum Gasteiger partial charge on any atom is -0.477 e. The average molecular weight is 260 g/mol. The Morgan fingerprint density at radius 1 is 1.44 bits per heavy atom. The Kier molecular flexibility index (Phi) is 2.83. The number of thioether (sulfide) groups is 1. The second kappa shape index (κ2) is 4.49. The summed E-state index contributed by atoms with van der Waals surface area (Å²) >= 11 is 1.82. The highest BCUT2D eigenvalue weighted by atomic mass is 32.2. The molecule has 1 aromatic heterocycles. The lowest BCUT2D eigenvalue weighted by atomic mass is 10.0. The molecule has 2 heterocycles. The molecule has 0 fully saturated rings. The first kappa shape index (κ1) is 11.3. The van der Waals surface area contributed by atoms with Crippen molar-refractivity contribution in [1.29, 1.82) is 0 Å². The third-order valence-electron chi connectivity index (χ3n) is 3.13. The van der Waals surface area contributed by atoms with E-state index in [2.05, 4.69) is 17.2 Å². The van der Waals surface area contributed by atoms with Crippen LogP contribution < -0.4 is 0 Å². The van der Waals surface area contributed by atoms with E-state index in [1.54, 1.807) is 4.68 Å². The molecule has 0 radical (unpaired) electrons. The Labute approximate surface area is 109 Å². The van der Waals surface area contributed by atoms with Crippen molar-refractivity contribution in [3.8, 4) is 0 Å². The lowest BCUT2D eigenvalue weighted by molar-refractivity contribution is 0.0682. The van der Waals surface area contributed by atoms with Crippen LogP contribution in [0.25, 0.3) is 0 Å². The molecule has 1 unspecified atom stereocenters. The smallest absolute Gasteiger partial charge is 0.354 e. The van der Waals surface area contributed by atoms with Gasteiger partial charge in [0.2, 0.25) is 0 Å².